The number of carbonyl (C=O) groups is 1. The highest BCUT2D eigenvalue weighted by molar-refractivity contribution is 7.92. The van der Waals surface area contributed by atoms with Crippen LogP contribution in [0.5, 0.6) is 0 Å². The summed E-state index contributed by atoms with van der Waals surface area (Å²) >= 11 is 0. The molecule has 1 aliphatic rings. The van der Waals surface area contributed by atoms with Crippen LogP contribution in [0.4, 0.5) is 11.4 Å². The first-order valence-corrected chi connectivity index (χ1v) is 11.3. The minimum atomic E-state index is -3.68. The molecule has 1 aliphatic heterocycles. The van der Waals surface area contributed by atoms with Crippen LogP contribution < -0.4 is 9.62 Å². The maximum absolute atomic E-state index is 13.2. The standard InChI is InChI=1S/C24H21N3O3S/c1-17-15-20-16-19(24(28)26-21-10-7-18(8-11-21)13-14-25)9-12-23(20)27(17)31(29,30)22-5-3-2-4-6-22/h2-12,16-17H,13,15H2,1H3,(H,26,28). The average molecular weight is 432 g/mol. The Morgan fingerprint density at radius 1 is 1.10 bits per heavy atom. The fourth-order valence-corrected chi connectivity index (χ4v) is 5.53. The summed E-state index contributed by atoms with van der Waals surface area (Å²) in [6.07, 6.45) is 0.852. The van der Waals surface area contributed by atoms with Crippen molar-refractivity contribution in [2.24, 2.45) is 0 Å². The Morgan fingerprint density at radius 2 is 1.81 bits per heavy atom. The second kappa shape index (κ2) is 8.25. The molecule has 0 saturated carbocycles. The maximum atomic E-state index is 13.2. The Balaban J connectivity index is 1.57. The first kappa shape index (κ1) is 20.6. The number of fused-ring (bicyclic) bond motifs is 1. The first-order chi connectivity index (χ1) is 14.9. The van der Waals surface area contributed by atoms with E-state index in [-0.39, 0.29) is 16.8 Å². The molecule has 1 N–H and O–H groups in total. The fourth-order valence-electron chi connectivity index (χ4n) is 3.82. The molecule has 0 fully saturated rings. The van der Waals surface area contributed by atoms with Crippen molar-refractivity contribution in [3.05, 3.63) is 89.5 Å². The van der Waals surface area contributed by atoms with Gasteiger partial charge in [0.25, 0.3) is 15.9 Å². The molecule has 156 valence electrons. The zero-order valence-electron chi connectivity index (χ0n) is 16.9. The summed E-state index contributed by atoms with van der Waals surface area (Å²) in [4.78, 5) is 13.0. The zero-order valence-corrected chi connectivity index (χ0v) is 17.8. The maximum Gasteiger partial charge on any atom is 0.264 e. The smallest absolute Gasteiger partial charge is 0.264 e. The predicted octanol–water partition coefficient (Wildman–Crippen LogP) is 4.14. The summed E-state index contributed by atoms with van der Waals surface area (Å²) in [5, 5.41) is 11.6. The monoisotopic (exact) mass is 431 g/mol. The van der Waals surface area contributed by atoms with Crippen LogP contribution in [-0.4, -0.2) is 20.4 Å². The lowest BCUT2D eigenvalue weighted by atomic mass is 10.1. The summed E-state index contributed by atoms with van der Waals surface area (Å²) in [6, 6.07) is 22.4. The van der Waals surface area contributed by atoms with E-state index in [9.17, 15) is 13.2 Å². The zero-order chi connectivity index (χ0) is 22.0. The van der Waals surface area contributed by atoms with Crippen LogP contribution in [0.1, 0.15) is 28.4 Å². The molecular formula is C24H21N3O3S. The largest absolute Gasteiger partial charge is 0.322 e. The van der Waals surface area contributed by atoms with E-state index in [1.165, 1.54) is 4.31 Å². The molecular weight excluding hydrogens is 410 g/mol. The van der Waals surface area contributed by atoms with Gasteiger partial charge in [-0.05, 0) is 66.9 Å². The molecule has 1 unspecified atom stereocenters. The summed E-state index contributed by atoms with van der Waals surface area (Å²) in [5.74, 6) is -0.271. The van der Waals surface area contributed by atoms with Gasteiger partial charge < -0.3 is 5.32 Å². The first-order valence-electron chi connectivity index (χ1n) is 9.90. The average Bonchev–Trinajstić information content (AvgIpc) is 3.11. The van der Waals surface area contributed by atoms with Crippen molar-refractivity contribution in [2.75, 3.05) is 9.62 Å². The summed E-state index contributed by atoms with van der Waals surface area (Å²) < 4.78 is 27.8. The number of anilines is 2. The van der Waals surface area contributed by atoms with E-state index in [1.807, 2.05) is 6.92 Å². The third-order valence-electron chi connectivity index (χ3n) is 5.29. The van der Waals surface area contributed by atoms with Gasteiger partial charge in [-0.25, -0.2) is 8.42 Å². The third-order valence-corrected chi connectivity index (χ3v) is 7.23. The Kier molecular flexibility index (Phi) is 5.49. The molecule has 0 aromatic heterocycles. The summed E-state index contributed by atoms with van der Waals surface area (Å²) in [5.41, 5.74) is 3.41. The van der Waals surface area contributed by atoms with Crippen molar-refractivity contribution in [2.45, 2.75) is 30.7 Å². The second-order valence-corrected chi connectivity index (χ2v) is 9.31. The van der Waals surface area contributed by atoms with E-state index >= 15 is 0 Å². The van der Waals surface area contributed by atoms with Crippen LogP contribution >= 0.6 is 0 Å². The molecule has 0 bridgehead atoms. The van der Waals surface area contributed by atoms with Crippen molar-refractivity contribution in [1.29, 1.82) is 5.26 Å². The molecule has 1 amide bonds. The molecule has 0 radical (unpaired) electrons. The summed E-state index contributed by atoms with van der Waals surface area (Å²) in [6.45, 7) is 1.86. The van der Waals surface area contributed by atoms with Gasteiger partial charge >= 0.3 is 0 Å². The number of benzene rings is 3. The molecule has 7 heteroatoms. The van der Waals surface area contributed by atoms with E-state index in [2.05, 4.69) is 11.4 Å². The van der Waals surface area contributed by atoms with Gasteiger partial charge in [-0.3, -0.25) is 9.10 Å². The summed E-state index contributed by atoms with van der Waals surface area (Å²) in [7, 11) is -3.68. The number of hydrogen-bond acceptors (Lipinski definition) is 4. The van der Waals surface area contributed by atoms with Crippen molar-refractivity contribution < 1.29 is 13.2 Å². The van der Waals surface area contributed by atoms with Gasteiger partial charge in [0.2, 0.25) is 0 Å². The van der Waals surface area contributed by atoms with E-state index in [4.69, 9.17) is 5.26 Å². The van der Waals surface area contributed by atoms with E-state index < -0.39 is 10.0 Å². The van der Waals surface area contributed by atoms with E-state index in [0.717, 1.165) is 11.1 Å². The Bertz CT molecular complexity index is 1260. The molecule has 4 rings (SSSR count). The van der Waals surface area contributed by atoms with E-state index in [0.29, 0.717) is 29.8 Å². The van der Waals surface area contributed by atoms with Crippen molar-refractivity contribution >= 4 is 27.3 Å². The lowest BCUT2D eigenvalue weighted by molar-refractivity contribution is 0.102. The Morgan fingerprint density at radius 3 is 2.48 bits per heavy atom. The number of amides is 1. The molecule has 6 nitrogen and oxygen atoms in total. The van der Waals surface area contributed by atoms with Crippen molar-refractivity contribution in [1.82, 2.24) is 0 Å². The van der Waals surface area contributed by atoms with Gasteiger partial charge in [-0.2, -0.15) is 5.26 Å². The van der Waals surface area contributed by atoms with Crippen molar-refractivity contribution in [3.63, 3.8) is 0 Å². The lowest BCUT2D eigenvalue weighted by Gasteiger charge is -2.24. The van der Waals surface area contributed by atoms with E-state index in [1.54, 1.807) is 72.8 Å². The molecule has 3 aromatic rings. The Hall–Kier alpha value is -3.63. The van der Waals surface area contributed by atoms with Gasteiger partial charge in [0, 0.05) is 17.3 Å². The highest BCUT2D eigenvalue weighted by Gasteiger charge is 2.36. The number of nitriles is 1. The molecule has 1 heterocycles. The predicted molar refractivity (Wildman–Crippen MR) is 119 cm³/mol. The van der Waals surface area contributed by atoms with Gasteiger partial charge in [0.15, 0.2) is 0 Å². The molecule has 31 heavy (non-hydrogen) atoms. The topological polar surface area (TPSA) is 90.3 Å². The quantitative estimate of drug-likeness (QED) is 0.657. The normalized spacial score (nSPS) is 15.2. The van der Waals surface area contributed by atoms with Gasteiger partial charge in [-0.15, -0.1) is 0 Å². The molecule has 0 aliphatic carbocycles. The minimum absolute atomic E-state index is 0.244. The molecule has 3 aromatic carbocycles. The van der Waals surface area contributed by atoms with Crippen molar-refractivity contribution in [3.8, 4) is 6.07 Å². The molecule has 0 spiro atoms. The van der Waals surface area contributed by atoms with Gasteiger partial charge in [0.1, 0.15) is 0 Å². The van der Waals surface area contributed by atoms with Crippen LogP contribution in [0.25, 0.3) is 0 Å². The van der Waals surface area contributed by atoms with Crippen LogP contribution in [0.2, 0.25) is 0 Å². The number of hydrogen-bond donors (Lipinski definition) is 1. The highest BCUT2D eigenvalue weighted by Crippen LogP contribution is 2.37. The number of nitrogens with one attached hydrogen (secondary N) is 1. The number of nitrogens with zero attached hydrogens (tertiary/aromatic N) is 2. The van der Waals surface area contributed by atoms with Gasteiger partial charge in [0.05, 0.1) is 23.1 Å². The second-order valence-electron chi connectivity index (χ2n) is 7.50. The van der Waals surface area contributed by atoms with Crippen LogP contribution in [0, 0.1) is 11.3 Å². The molecule has 1 atom stereocenters. The van der Waals surface area contributed by atoms with Crippen LogP contribution in [0.3, 0.4) is 0 Å². The van der Waals surface area contributed by atoms with Crippen LogP contribution in [0.15, 0.2) is 77.7 Å². The number of carbonyl (C=O) groups excluding carboxylic acids is 1. The third kappa shape index (κ3) is 4.03. The highest BCUT2D eigenvalue weighted by atomic mass is 32.2. The lowest BCUT2D eigenvalue weighted by Crippen LogP contribution is -2.35. The number of rotatable bonds is 5. The molecule has 0 saturated heterocycles. The number of sulfonamides is 1. The SMILES string of the molecule is CC1Cc2cc(C(=O)Nc3ccc(CC#N)cc3)ccc2N1S(=O)(=O)c1ccccc1. The minimum Gasteiger partial charge on any atom is -0.322 e. The van der Waals surface area contributed by atoms with Crippen LogP contribution in [-0.2, 0) is 22.9 Å². The van der Waals surface area contributed by atoms with Gasteiger partial charge in [-0.1, -0.05) is 30.3 Å². The Labute approximate surface area is 181 Å². The fraction of sp³-hybridized carbons (Fsp3) is 0.167.